The molecule has 98 valence electrons. The van der Waals surface area contributed by atoms with E-state index >= 15 is 0 Å². The Morgan fingerprint density at radius 3 is 2.83 bits per heavy atom. The number of nitrogens with one attached hydrogen (secondary N) is 1. The summed E-state index contributed by atoms with van der Waals surface area (Å²) in [5, 5.41) is 4.35. The fourth-order valence-corrected chi connectivity index (χ4v) is 3.58. The molecular formula is C14H21N3S. The van der Waals surface area contributed by atoms with Crippen molar-refractivity contribution in [2.45, 2.75) is 62.1 Å². The van der Waals surface area contributed by atoms with Crippen LogP contribution in [0.15, 0.2) is 12.3 Å². The first-order valence-corrected chi connectivity index (χ1v) is 8.11. The molecule has 0 aromatic carbocycles. The highest BCUT2D eigenvalue weighted by Gasteiger charge is 2.20. The second kappa shape index (κ2) is 6.02. The van der Waals surface area contributed by atoms with Crippen molar-refractivity contribution in [3.05, 3.63) is 23.8 Å². The largest absolute Gasteiger partial charge is 0.308 e. The van der Waals surface area contributed by atoms with E-state index in [9.17, 15) is 0 Å². The van der Waals surface area contributed by atoms with E-state index in [0.717, 1.165) is 35.1 Å². The van der Waals surface area contributed by atoms with Crippen LogP contribution in [0.5, 0.6) is 0 Å². The lowest BCUT2D eigenvalue weighted by atomic mass is 10.4. The Labute approximate surface area is 113 Å². The lowest BCUT2D eigenvalue weighted by Crippen LogP contribution is -2.16. The van der Waals surface area contributed by atoms with Gasteiger partial charge in [-0.2, -0.15) is 11.8 Å². The molecule has 3 rings (SSSR count). The molecule has 0 bridgehead atoms. The summed E-state index contributed by atoms with van der Waals surface area (Å²) >= 11 is 2.04. The van der Waals surface area contributed by atoms with E-state index in [0.29, 0.717) is 0 Å². The first-order chi connectivity index (χ1) is 8.90. The van der Waals surface area contributed by atoms with Crippen LogP contribution in [0.25, 0.3) is 0 Å². The molecule has 0 saturated heterocycles. The van der Waals surface area contributed by atoms with Gasteiger partial charge in [0, 0.05) is 24.0 Å². The zero-order chi connectivity index (χ0) is 12.2. The van der Waals surface area contributed by atoms with Crippen molar-refractivity contribution in [3.63, 3.8) is 0 Å². The summed E-state index contributed by atoms with van der Waals surface area (Å²) in [6, 6.07) is 2.77. The minimum atomic E-state index is 0.747. The molecule has 1 N–H and O–H groups in total. The standard InChI is InChI=1S/C14H21N3S/c1-2-4-13(3-1)18-10-14-15-8-7-12(17-14)9-16-11-5-6-11/h7-8,11,13,16H,1-6,9-10H2. The lowest BCUT2D eigenvalue weighted by Gasteiger charge is -2.08. The minimum absolute atomic E-state index is 0.747. The average molecular weight is 263 g/mol. The summed E-state index contributed by atoms with van der Waals surface area (Å²) in [6.45, 7) is 0.897. The van der Waals surface area contributed by atoms with Gasteiger partial charge in [-0.05, 0) is 31.7 Å². The van der Waals surface area contributed by atoms with Crippen LogP contribution < -0.4 is 5.32 Å². The fourth-order valence-electron chi connectivity index (χ4n) is 2.39. The average Bonchev–Trinajstić information content (AvgIpc) is 3.09. The van der Waals surface area contributed by atoms with Crippen molar-refractivity contribution < 1.29 is 0 Å². The number of hydrogen-bond acceptors (Lipinski definition) is 4. The quantitative estimate of drug-likeness (QED) is 0.856. The summed E-state index contributed by atoms with van der Waals surface area (Å²) in [5.74, 6) is 1.98. The van der Waals surface area contributed by atoms with Gasteiger partial charge >= 0.3 is 0 Å². The van der Waals surface area contributed by atoms with Gasteiger partial charge in [0.05, 0.1) is 11.4 Å². The molecule has 2 aliphatic carbocycles. The number of aromatic nitrogens is 2. The molecule has 0 unspecified atom stereocenters. The predicted octanol–water partition coefficient (Wildman–Crippen LogP) is 2.90. The van der Waals surface area contributed by atoms with Crippen molar-refractivity contribution in [1.29, 1.82) is 0 Å². The smallest absolute Gasteiger partial charge is 0.138 e. The van der Waals surface area contributed by atoms with Crippen LogP contribution in [0.1, 0.15) is 50.0 Å². The molecule has 2 aliphatic rings. The van der Waals surface area contributed by atoms with E-state index < -0.39 is 0 Å². The molecule has 0 amide bonds. The topological polar surface area (TPSA) is 37.8 Å². The first kappa shape index (κ1) is 12.4. The molecule has 0 atom stereocenters. The third-order valence-electron chi connectivity index (χ3n) is 3.66. The fraction of sp³-hybridized carbons (Fsp3) is 0.714. The Bertz CT molecular complexity index is 386. The molecule has 1 aromatic rings. The molecule has 3 nitrogen and oxygen atoms in total. The summed E-state index contributed by atoms with van der Waals surface area (Å²) in [5.41, 5.74) is 1.14. The SMILES string of the molecule is c1cc(CNC2CC2)nc(CSC2CCCC2)n1. The Hall–Kier alpha value is -0.610. The maximum Gasteiger partial charge on any atom is 0.138 e. The third-order valence-corrected chi connectivity index (χ3v) is 5.03. The summed E-state index contributed by atoms with van der Waals surface area (Å²) in [6.07, 6.45) is 10.1. The Morgan fingerprint density at radius 2 is 2.06 bits per heavy atom. The summed E-state index contributed by atoms with van der Waals surface area (Å²) in [7, 11) is 0. The van der Waals surface area contributed by atoms with Crippen LogP contribution in [-0.4, -0.2) is 21.3 Å². The second-order valence-corrected chi connectivity index (χ2v) is 6.63. The van der Waals surface area contributed by atoms with Crippen LogP contribution in [0.4, 0.5) is 0 Å². The normalized spacial score (nSPS) is 20.4. The number of hydrogen-bond donors (Lipinski definition) is 1. The molecular weight excluding hydrogens is 242 g/mol. The maximum absolute atomic E-state index is 4.64. The zero-order valence-corrected chi connectivity index (χ0v) is 11.6. The van der Waals surface area contributed by atoms with Crippen molar-refractivity contribution in [2.24, 2.45) is 0 Å². The van der Waals surface area contributed by atoms with E-state index in [2.05, 4.69) is 15.3 Å². The Balaban J connectivity index is 1.49. The van der Waals surface area contributed by atoms with E-state index in [1.165, 1.54) is 38.5 Å². The van der Waals surface area contributed by atoms with Gasteiger partial charge < -0.3 is 5.32 Å². The highest BCUT2D eigenvalue weighted by Crippen LogP contribution is 2.30. The van der Waals surface area contributed by atoms with Gasteiger partial charge in [-0.25, -0.2) is 9.97 Å². The molecule has 1 heterocycles. The minimum Gasteiger partial charge on any atom is -0.308 e. The van der Waals surface area contributed by atoms with Crippen LogP contribution >= 0.6 is 11.8 Å². The van der Waals surface area contributed by atoms with E-state index in [4.69, 9.17) is 0 Å². The van der Waals surface area contributed by atoms with Gasteiger partial charge in [0.25, 0.3) is 0 Å². The van der Waals surface area contributed by atoms with Gasteiger partial charge in [-0.3, -0.25) is 0 Å². The molecule has 2 fully saturated rings. The Kier molecular flexibility index (Phi) is 4.16. The van der Waals surface area contributed by atoms with E-state index in [-0.39, 0.29) is 0 Å². The second-order valence-electron chi connectivity index (χ2n) is 5.34. The third kappa shape index (κ3) is 3.69. The summed E-state index contributed by atoms with van der Waals surface area (Å²) in [4.78, 5) is 9.02. The van der Waals surface area contributed by atoms with E-state index in [1.807, 2.05) is 24.0 Å². The van der Waals surface area contributed by atoms with E-state index in [1.54, 1.807) is 0 Å². The lowest BCUT2D eigenvalue weighted by molar-refractivity contribution is 0.669. The van der Waals surface area contributed by atoms with Crippen molar-refractivity contribution >= 4 is 11.8 Å². The van der Waals surface area contributed by atoms with Crippen LogP contribution in [0.2, 0.25) is 0 Å². The monoisotopic (exact) mass is 263 g/mol. The molecule has 4 heteroatoms. The predicted molar refractivity (Wildman–Crippen MR) is 75.4 cm³/mol. The number of nitrogens with zero attached hydrogens (tertiary/aromatic N) is 2. The highest BCUT2D eigenvalue weighted by molar-refractivity contribution is 7.99. The van der Waals surface area contributed by atoms with Gasteiger partial charge in [0.15, 0.2) is 0 Å². The van der Waals surface area contributed by atoms with Crippen LogP contribution in [0, 0.1) is 0 Å². The first-order valence-electron chi connectivity index (χ1n) is 7.06. The molecule has 0 spiro atoms. The highest BCUT2D eigenvalue weighted by atomic mass is 32.2. The van der Waals surface area contributed by atoms with Crippen molar-refractivity contribution in [2.75, 3.05) is 0 Å². The molecule has 0 aliphatic heterocycles. The molecule has 2 saturated carbocycles. The summed E-state index contributed by atoms with van der Waals surface area (Å²) < 4.78 is 0. The van der Waals surface area contributed by atoms with Gasteiger partial charge in [0.2, 0.25) is 0 Å². The van der Waals surface area contributed by atoms with Gasteiger partial charge in [-0.1, -0.05) is 12.8 Å². The Morgan fingerprint density at radius 1 is 1.22 bits per heavy atom. The maximum atomic E-state index is 4.64. The van der Waals surface area contributed by atoms with Gasteiger partial charge in [-0.15, -0.1) is 0 Å². The van der Waals surface area contributed by atoms with Crippen LogP contribution in [-0.2, 0) is 12.3 Å². The number of thioether (sulfide) groups is 1. The molecule has 0 radical (unpaired) electrons. The zero-order valence-electron chi connectivity index (χ0n) is 10.8. The van der Waals surface area contributed by atoms with Gasteiger partial charge in [0.1, 0.15) is 5.82 Å². The number of rotatable bonds is 6. The molecule has 18 heavy (non-hydrogen) atoms. The van der Waals surface area contributed by atoms with Crippen molar-refractivity contribution in [3.8, 4) is 0 Å². The molecule has 1 aromatic heterocycles. The van der Waals surface area contributed by atoms with Crippen LogP contribution in [0.3, 0.4) is 0 Å². The van der Waals surface area contributed by atoms with Crippen molar-refractivity contribution in [1.82, 2.24) is 15.3 Å².